The fraction of sp³-hybridized carbons (Fsp3) is 0.100. The summed E-state index contributed by atoms with van der Waals surface area (Å²) >= 11 is 5.13. The molecular formula is C10H9N3OS. The molecular weight excluding hydrogens is 210 g/mol. The summed E-state index contributed by atoms with van der Waals surface area (Å²) in [4.78, 5) is 11.2. The first-order valence-corrected chi connectivity index (χ1v) is 4.75. The second kappa shape index (κ2) is 4.18. The second-order valence-corrected chi connectivity index (χ2v) is 3.29. The Balaban J connectivity index is 2.54. The van der Waals surface area contributed by atoms with Crippen LogP contribution < -0.4 is 4.74 Å². The molecule has 5 heteroatoms. The average molecular weight is 219 g/mol. The van der Waals surface area contributed by atoms with Crippen molar-refractivity contribution in [3.63, 3.8) is 0 Å². The molecule has 0 atom stereocenters. The smallest absolute Gasteiger partial charge is 0.137 e. The molecule has 0 radical (unpaired) electrons. The van der Waals surface area contributed by atoms with Crippen molar-refractivity contribution in [3.8, 4) is 17.0 Å². The molecule has 2 aromatic heterocycles. The van der Waals surface area contributed by atoms with Gasteiger partial charge in [0, 0.05) is 24.2 Å². The highest BCUT2D eigenvalue weighted by Crippen LogP contribution is 2.20. The topological polar surface area (TPSA) is 50.8 Å². The van der Waals surface area contributed by atoms with Crippen molar-refractivity contribution >= 4 is 12.2 Å². The van der Waals surface area contributed by atoms with E-state index < -0.39 is 0 Å². The number of methoxy groups -OCH3 is 1. The summed E-state index contributed by atoms with van der Waals surface area (Å²) in [5, 5.41) is 0. The summed E-state index contributed by atoms with van der Waals surface area (Å²) < 4.78 is 5.67. The van der Waals surface area contributed by atoms with Gasteiger partial charge in [-0.05, 0) is 6.07 Å². The molecule has 15 heavy (non-hydrogen) atoms. The van der Waals surface area contributed by atoms with Crippen molar-refractivity contribution in [2.24, 2.45) is 0 Å². The molecule has 0 aliphatic heterocycles. The maximum absolute atomic E-state index is 5.13. The van der Waals surface area contributed by atoms with Gasteiger partial charge < -0.3 is 9.72 Å². The Morgan fingerprint density at radius 3 is 3.00 bits per heavy atom. The summed E-state index contributed by atoms with van der Waals surface area (Å²) in [6.07, 6.45) is 6.69. The van der Waals surface area contributed by atoms with Gasteiger partial charge in [-0.3, -0.25) is 9.97 Å². The predicted octanol–water partition coefficient (Wildman–Crippen LogP) is 2.21. The zero-order chi connectivity index (χ0) is 10.7. The number of hydrogen-bond donors (Lipinski definition) is 1. The maximum atomic E-state index is 5.13. The maximum Gasteiger partial charge on any atom is 0.137 e. The van der Waals surface area contributed by atoms with Crippen LogP contribution in [0.2, 0.25) is 0 Å². The number of aromatic amines is 1. The van der Waals surface area contributed by atoms with E-state index in [4.69, 9.17) is 17.0 Å². The zero-order valence-corrected chi connectivity index (χ0v) is 8.91. The van der Waals surface area contributed by atoms with Gasteiger partial charge in [-0.2, -0.15) is 0 Å². The molecule has 0 saturated heterocycles. The van der Waals surface area contributed by atoms with Crippen LogP contribution in [0.5, 0.6) is 5.75 Å². The van der Waals surface area contributed by atoms with Gasteiger partial charge in [0.15, 0.2) is 0 Å². The molecule has 0 spiro atoms. The summed E-state index contributed by atoms with van der Waals surface area (Å²) in [5.74, 6) is 0.688. The van der Waals surface area contributed by atoms with E-state index in [1.165, 1.54) is 0 Å². The normalized spacial score (nSPS) is 9.93. The summed E-state index contributed by atoms with van der Waals surface area (Å²) in [6.45, 7) is 0. The van der Waals surface area contributed by atoms with Crippen molar-refractivity contribution in [2.45, 2.75) is 0 Å². The Morgan fingerprint density at radius 1 is 1.40 bits per heavy atom. The molecule has 0 amide bonds. The average Bonchev–Trinajstić information content (AvgIpc) is 2.30. The zero-order valence-electron chi connectivity index (χ0n) is 8.10. The van der Waals surface area contributed by atoms with E-state index in [1.807, 2.05) is 6.07 Å². The molecule has 0 bridgehead atoms. The van der Waals surface area contributed by atoms with Gasteiger partial charge >= 0.3 is 0 Å². The van der Waals surface area contributed by atoms with Crippen molar-refractivity contribution < 1.29 is 4.74 Å². The number of hydrogen-bond acceptors (Lipinski definition) is 4. The van der Waals surface area contributed by atoms with Gasteiger partial charge in [-0.1, -0.05) is 12.2 Å². The molecule has 0 unspecified atom stereocenters. The first-order chi connectivity index (χ1) is 7.31. The van der Waals surface area contributed by atoms with Gasteiger partial charge in [0.2, 0.25) is 0 Å². The standard InChI is InChI=1S/C10H9N3OS/c1-14-8-4-7(5-11-6-8)9-10(15)13-3-2-12-9/h2-6H,1H3,(H,13,15). The number of ether oxygens (including phenoxy) is 1. The van der Waals surface area contributed by atoms with E-state index in [1.54, 1.807) is 31.9 Å². The lowest BCUT2D eigenvalue weighted by molar-refractivity contribution is 0.413. The summed E-state index contributed by atoms with van der Waals surface area (Å²) in [6, 6.07) is 1.85. The summed E-state index contributed by atoms with van der Waals surface area (Å²) in [7, 11) is 1.60. The Kier molecular flexibility index (Phi) is 2.73. The van der Waals surface area contributed by atoms with E-state index in [0.29, 0.717) is 16.1 Å². The number of rotatable bonds is 2. The van der Waals surface area contributed by atoms with E-state index in [9.17, 15) is 0 Å². The fourth-order valence-electron chi connectivity index (χ4n) is 1.22. The van der Waals surface area contributed by atoms with E-state index in [-0.39, 0.29) is 0 Å². The number of aromatic nitrogens is 3. The molecule has 2 aromatic rings. The molecule has 0 fully saturated rings. The minimum atomic E-state index is 0.590. The lowest BCUT2D eigenvalue weighted by atomic mass is 10.2. The SMILES string of the molecule is COc1cncc(-c2ncc[nH]c2=S)c1. The first kappa shape index (κ1) is 9.79. The first-order valence-electron chi connectivity index (χ1n) is 4.34. The molecule has 0 aliphatic carbocycles. The number of nitrogens with one attached hydrogen (secondary N) is 1. The Bertz CT molecular complexity index is 524. The fourth-order valence-corrected chi connectivity index (χ4v) is 1.46. The van der Waals surface area contributed by atoms with Crippen LogP contribution in [-0.4, -0.2) is 22.1 Å². The van der Waals surface area contributed by atoms with Gasteiger partial charge in [0.1, 0.15) is 16.1 Å². The Labute approximate surface area is 92.0 Å². The molecule has 76 valence electrons. The third-order valence-electron chi connectivity index (χ3n) is 1.93. The van der Waals surface area contributed by atoms with Crippen LogP contribution in [0.1, 0.15) is 0 Å². The minimum absolute atomic E-state index is 0.590. The number of nitrogens with zero attached hydrogens (tertiary/aromatic N) is 2. The molecule has 4 nitrogen and oxygen atoms in total. The number of pyridine rings is 1. The van der Waals surface area contributed by atoms with Crippen LogP contribution in [0.15, 0.2) is 30.9 Å². The highest BCUT2D eigenvalue weighted by Gasteiger charge is 2.03. The lowest BCUT2D eigenvalue weighted by Gasteiger charge is -2.02. The summed E-state index contributed by atoms with van der Waals surface area (Å²) in [5.41, 5.74) is 1.55. The molecule has 1 N–H and O–H groups in total. The molecule has 0 aromatic carbocycles. The second-order valence-electron chi connectivity index (χ2n) is 2.88. The van der Waals surface area contributed by atoms with Crippen molar-refractivity contribution in [3.05, 3.63) is 35.5 Å². The van der Waals surface area contributed by atoms with Gasteiger partial charge in [-0.15, -0.1) is 0 Å². The van der Waals surface area contributed by atoms with Gasteiger partial charge in [0.25, 0.3) is 0 Å². The highest BCUT2D eigenvalue weighted by atomic mass is 32.1. The molecule has 2 heterocycles. The van der Waals surface area contributed by atoms with Crippen LogP contribution >= 0.6 is 12.2 Å². The van der Waals surface area contributed by atoms with Crippen LogP contribution in [0.4, 0.5) is 0 Å². The number of H-pyrrole nitrogens is 1. The Hall–Kier alpha value is -1.75. The molecule has 2 rings (SSSR count). The van der Waals surface area contributed by atoms with E-state index in [0.717, 1.165) is 5.56 Å². The molecule has 0 aliphatic rings. The van der Waals surface area contributed by atoms with Crippen LogP contribution in [-0.2, 0) is 0 Å². The van der Waals surface area contributed by atoms with Crippen LogP contribution in [0.25, 0.3) is 11.3 Å². The van der Waals surface area contributed by atoms with E-state index >= 15 is 0 Å². The largest absolute Gasteiger partial charge is 0.495 e. The third-order valence-corrected chi connectivity index (χ3v) is 2.24. The van der Waals surface area contributed by atoms with Crippen molar-refractivity contribution in [2.75, 3.05) is 7.11 Å². The van der Waals surface area contributed by atoms with Crippen LogP contribution in [0.3, 0.4) is 0 Å². The van der Waals surface area contributed by atoms with E-state index in [2.05, 4.69) is 15.0 Å². The minimum Gasteiger partial charge on any atom is -0.495 e. The predicted molar refractivity (Wildman–Crippen MR) is 59.2 cm³/mol. The quantitative estimate of drug-likeness (QED) is 0.787. The lowest BCUT2D eigenvalue weighted by Crippen LogP contribution is -1.90. The third kappa shape index (κ3) is 2.02. The van der Waals surface area contributed by atoms with Crippen molar-refractivity contribution in [1.29, 1.82) is 0 Å². The molecule has 0 saturated carbocycles. The van der Waals surface area contributed by atoms with Crippen molar-refractivity contribution in [1.82, 2.24) is 15.0 Å². The van der Waals surface area contributed by atoms with Gasteiger partial charge in [-0.25, -0.2) is 0 Å². The van der Waals surface area contributed by atoms with Crippen LogP contribution in [0, 0.1) is 4.64 Å². The highest BCUT2D eigenvalue weighted by molar-refractivity contribution is 7.71. The Morgan fingerprint density at radius 2 is 2.27 bits per heavy atom. The monoisotopic (exact) mass is 219 g/mol. The van der Waals surface area contributed by atoms with Gasteiger partial charge in [0.05, 0.1) is 13.3 Å².